The number of halogens is 3. The van der Waals surface area contributed by atoms with Gasteiger partial charge in [-0.15, -0.1) is 0 Å². The van der Waals surface area contributed by atoms with E-state index in [-0.39, 0.29) is 12.5 Å². The standard InChI is InChI=1S/C24H21Br3N4O3S/c1-3-30-11-15(10-28-30)12-31-23(32)20(29-24(31)35)7-14-4-5-21(33-2)16(6-14)13-34-22-18(26)8-17(25)9-19(22)27/h4-11H,3,12-13H2,1-2H3,(H,29,35)/b20-7+. The third-order valence-corrected chi connectivity index (χ3v) is 7.22. The number of ether oxygens (including phenoxy) is 2. The molecule has 2 aromatic carbocycles. The van der Waals surface area contributed by atoms with Crippen molar-refractivity contribution in [3.8, 4) is 11.5 Å². The largest absolute Gasteiger partial charge is 0.496 e. The maximum absolute atomic E-state index is 13.0. The Kier molecular flexibility index (Phi) is 8.31. The van der Waals surface area contributed by atoms with Crippen LogP contribution >= 0.6 is 60.0 Å². The Hall–Kier alpha value is -2.21. The number of hydrogen-bond acceptors (Lipinski definition) is 5. The molecule has 4 rings (SSSR count). The van der Waals surface area contributed by atoms with Crippen molar-refractivity contribution in [1.82, 2.24) is 20.0 Å². The molecular formula is C24H21Br3N4O3S. The molecule has 7 nitrogen and oxygen atoms in total. The lowest BCUT2D eigenvalue weighted by atomic mass is 10.1. The molecule has 35 heavy (non-hydrogen) atoms. The second-order valence-electron chi connectivity index (χ2n) is 7.64. The van der Waals surface area contributed by atoms with Crippen molar-refractivity contribution in [1.29, 1.82) is 0 Å². The van der Waals surface area contributed by atoms with Crippen LogP contribution in [-0.2, 0) is 24.5 Å². The Morgan fingerprint density at radius 2 is 1.91 bits per heavy atom. The van der Waals surface area contributed by atoms with Gasteiger partial charge in [0.25, 0.3) is 5.91 Å². The molecular weight excluding hydrogens is 664 g/mol. The summed E-state index contributed by atoms with van der Waals surface area (Å²) in [6, 6.07) is 9.49. The fourth-order valence-electron chi connectivity index (χ4n) is 3.54. The van der Waals surface area contributed by atoms with Crippen LogP contribution in [0, 0.1) is 0 Å². The minimum atomic E-state index is -0.185. The quantitative estimate of drug-likeness (QED) is 0.231. The van der Waals surface area contributed by atoms with Crippen LogP contribution in [0.2, 0.25) is 0 Å². The van der Waals surface area contributed by atoms with E-state index in [1.165, 1.54) is 4.90 Å². The third-order valence-electron chi connectivity index (χ3n) is 5.26. The molecule has 0 bridgehead atoms. The molecule has 0 spiro atoms. The first-order chi connectivity index (χ1) is 16.8. The number of nitrogens with one attached hydrogen (secondary N) is 1. The van der Waals surface area contributed by atoms with Crippen LogP contribution in [0.25, 0.3) is 6.08 Å². The van der Waals surface area contributed by atoms with E-state index in [4.69, 9.17) is 21.7 Å². The van der Waals surface area contributed by atoms with Crippen LogP contribution < -0.4 is 14.8 Å². The Morgan fingerprint density at radius 3 is 2.57 bits per heavy atom. The molecule has 1 aliphatic rings. The van der Waals surface area contributed by atoms with E-state index in [1.54, 1.807) is 19.4 Å². The van der Waals surface area contributed by atoms with E-state index in [9.17, 15) is 4.79 Å². The zero-order valence-electron chi connectivity index (χ0n) is 18.8. The molecule has 1 fully saturated rings. The lowest BCUT2D eigenvalue weighted by molar-refractivity contribution is -0.122. The summed E-state index contributed by atoms with van der Waals surface area (Å²) in [4.78, 5) is 14.6. The van der Waals surface area contributed by atoms with Crippen LogP contribution in [0.4, 0.5) is 0 Å². The Morgan fingerprint density at radius 1 is 1.17 bits per heavy atom. The van der Waals surface area contributed by atoms with Gasteiger partial charge in [0.05, 0.1) is 28.8 Å². The molecule has 1 saturated heterocycles. The first-order valence-electron chi connectivity index (χ1n) is 10.6. The van der Waals surface area contributed by atoms with Crippen LogP contribution in [0.3, 0.4) is 0 Å². The Bertz CT molecular complexity index is 1300. The highest BCUT2D eigenvalue weighted by Crippen LogP contribution is 2.37. The average molecular weight is 685 g/mol. The van der Waals surface area contributed by atoms with Crippen LogP contribution in [0.15, 0.2) is 61.8 Å². The highest BCUT2D eigenvalue weighted by molar-refractivity contribution is 9.11. The molecule has 1 aliphatic heterocycles. The molecule has 0 atom stereocenters. The second-order valence-corrected chi connectivity index (χ2v) is 10.7. The van der Waals surface area contributed by atoms with Crippen molar-refractivity contribution in [3.63, 3.8) is 0 Å². The minimum Gasteiger partial charge on any atom is -0.496 e. The van der Waals surface area contributed by atoms with Crippen molar-refractivity contribution in [2.24, 2.45) is 0 Å². The third kappa shape index (κ3) is 5.96. The second kappa shape index (κ2) is 11.2. The zero-order chi connectivity index (χ0) is 25.1. The fourth-order valence-corrected chi connectivity index (χ4v) is 6.29. The van der Waals surface area contributed by atoms with Crippen LogP contribution in [0.1, 0.15) is 23.6 Å². The topological polar surface area (TPSA) is 68.6 Å². The molecule has 1 N–H and O–H groups in total. The Labute approximate surface area is 233 Å². The molecule has 0 saturated carbocycles. The van der Waals surface area contributed by atoms with Gasteiger partial charge in [-0.2, -0.15) is 5.10 Å². The van der Waals surface area contributed by atoms with E-state index in [2.05, 4.69) is 58.2 Å². The summed E-state index contributed by atoms with van der Waals surface area (Å²) in [5.74, 6) is 1.18. The Balaban J connectivity index is 1.53. The van der Waals surface area contributed by atoms with Gasteiger partial charge in [0.15, 0.2) is 5.11 Å². The first-order valence-corrected chi connectivity index (χ1v) is 13.4. The maximum Gasteiger partial charge on any atom is 0.276 e. The van der Waals surface area contributed by atoms with E-state index in [0.29, 0.717) is 28.9 Å². The smallest absolute Gasteiger partial charge is 0.276 e. The van der Waals surface area contributed by atoms with Crippen LogP contribution in [0.5, 0.6) is 11.5 Å². The molecule has 1 amide bonds. The van der Waals surface area contributed by atoms with Crippen molar-refractivity contribution < 1.29 is 14.3 Å². The number of carbonyl (C=O) groups is 1. The monoisotopic (exact) mass is 682 g/mol. The summed E-state index contributed by atoms with van der Waals surface area (Å²) in [6.07, 6.45) is 5.44. The van der Waals surface area contributed by atoms with Crippen molar-refractivity contribution in [3.05, 3.63) is 78.5 Å². The molecule has 0 unspecified atom stereocenters. The van der Waals surface area contributed by atoms with Gasteiger partial charge in [-0.25, -0.2) is 0 Å². The number of benzene rings is 2. The number of aryl methyl sites for hydroxylation is 1. The number of rotatable bonds is 8. The lowest BCUT2D eigenvalue weighted by Crippen LogP contribution is -2.29. The van der Waals surface area contributed by atoms with E-state index in [1.807, 2.05) is 48.1 Å². The molecule has 182 valence electrons. The van der Waals surface area contributed by atoms with E-state index in [0.717, 1.165) is 36.7 Å². The van der Waals surface area contributed by atoms with Gasteiger partial charge >= 0.3 is 0 Å². The number of thiocarbonyl (C=S) groups is 1. The van der Waals surface area contributed by atoms with E-state index < -0.39 is 0 Å². The SMILES string of the molecule is CCn1cc(CN2C(=O)/C(=C\c3ccc(OC)c(COc4c(Br)cc(Br)cc4Br)c3)NC2=S)cn1. The molecule has 0 radical (unpaired) electrons. The summed E-state index contributed by atoms with van der Waals surface area (Å²) in [7, 11) is 1.61. The number of methoxy groups -OCH3 is 1. The molecule has 2 heterocycles. The summed E-state index contributed by atoms with van der Waals surface area (Å²) >= 11 is 15.9. The number of carbonyl (C=O) groups excluding carboxylic acids is 1. The zero-order valence-corrected chi connectivity index (χ0v) is 24.4. The van der Waals surface area contributed by atoms with Gasteiger partial charge in [-0.1, -0.05) is 22.0 Å². The van der Waals surface area contributed by atoms with Crippen molar-refractivity contribution >= 4 is 77.1 Å². The summed E-state index contributed by atoms with van der Waals surface area (Å²) < 4.78 is 16.0. The highest BCUT2D eigenvalue weighted by atomic mass is 79.9. The molecule has 11 heteroatoms. The normalized spacial score (nSPS) is 14.5. The van der Waals surface area contributed by atoms with Crippen molar-refractivity contribution in [2.45, 2.75) is 26.6 Å². The number of hydrogen-bond donors (Lipinski definition) is 1. The van der Waals surface area contributed by atoms with E-state index >= 15 is 0 Å². The molecule has 3 aromatic rings. The van der Waals surface area contributed by atoms with Crippen molar-refractivity contribution in [2.75, 3.05) is 7.11 Å². The number of nitrogens with zero attached hydrogens (tertiary/aromatic N) is 3. The average Bonchev–Trinajstić information content (AvgIpc) is 3.38. The molecule has 1 aromatic heterocycles. The molecule has 0 aliphatic carbocycles. The maximum atomic E-state index is 13.0. The van der Waals surface area contributed by atoms with Gasteiger partial charge in [0.2, 0.25) is 0 Å². The number of aromatic nitrogens is 2. The van der Waals surface area contributed by atoms with Gasteiger partial charge < -0.3 is 14.8 Å². The van der Waals surface area contributed by atoms with Crippen LogP contribution in [-0.4, -0.2) is 32.8 Å². The van der Waals surface area contributed by atoms with Gasteiger partial charge in [-0.3, -0.25) is 14.4 Å². The van der Waals surface area contributed by atoms with Gasteiger partial charge in [0.1, 0.15) is 23.8 Å². The first kappa shape index (κ1) is 25.9. The lowest BCUT2D eigenvalue weighted by Gasteiger charge is -2.14. The van der Waals surface area contributed by atoms with Gasteiger partial charge in [-0.05, 0) is 86.9 Å². The number of amides is 1. The predicted molar refractivity (Wildman–Crippen MR) is 149 cm³/mol. The fraction of sp³-hybridized carbons (Fsp3) is 0.208. The summed E-state index contributed by atoms with van der Waals surface area (Å²) in [6.45, 7) is 3.41. The minimum absolute atomic E-state index is 0.185. The predicted octanol–water partition coefficient (Wildman–Crippen LogP) is 6.04. The highest BCUT2D eigenvalue weighted by Gasteiger charge is 2.31. The van der Waals surface area contributed by atoms with Gasteiger partial charge in [0, 0.05) is 28.3 Å². The summed E-state index contributed by atoms with van der Waals surface area (Å²) in [5, 5.41) is 7.66. The summed E-state index contributed by atoms with van der Waals surface area (Å²) in [5.41, 5.74) is 2.98.